The molecule has 1 aromatic rings. The maximum atomic E-state index is 12.1. The Labute approximate surface area is 114 Å². The zero-order valence-electron chi connectivity index (χ0n) is 11.3. The van der Waals surface area contributed by atoms with Gasteiger partial charge in [-0.05, 0) is 31.4 Å². The monoisotopic (exact) mass is 259 g/mol. The fraction of sp³-hybridized carbons (Fsp3) is 0.562. The van der Waals surface area contributed by atoms with E-state index in [4.69, 9.17) is 4.74 Å². The van der Waals surface area contributed by atoms with Crippen LogP contribution in [0, 0.1) is 5.92 Å². The van der Waals surface area contributed by atoms with Crippen molar-refractivity contribution in [2.24, 2.45) is 5.92 Å². The van der Waals surface area contributed by atoms with Crippen LogP contribution in [0.15, 0.2) is 30.3 Å². The van der Waals surface area contributed by atoms with Gasteiger partial charge in [0.2, 0.25) is 0 Å². The molecule has 0 spiro atoms. The van der Waals surface area contributed by atoms with Gasteiger partial charge in [-0.3, -0.25) is 9.69 Å². The number of cyclic esters (lactones) is 1. The number of carbonyl (C=O) groups is 1. The first-order valence-corrected chi connectivity index (χ1v) is 7.27. The lowest BCUT2D eigenvalue weighted by Gasteiger charge is -2.33. The van der Waals surface area contributed by atoms with Crippen molar-refractivity contribution in [1.82, 2.24) is 4.90 Å². The van der Waals surface area contributed by atoms with Crippen molar-refractivity contribution >= 4 is 5.97 Å². The van der Waals surface area contributed by atoms with E-state index in [0.717, 1.165) is 19.5 Å². The lowest BCUT2D eigenvalue weighted by Crippen LogP contribution is -2.42. The van der Waals surface area contributed by atoms with Crippen LogP contribution in [0.3, 0.4) is 0 Å². The maximum absolute atomic E-state index is 12.1. The van der Waals surface area contributed by atoms with Crippen molar-refractivity contribution in [1.29, 1.82) is 0 Å². The number of fused-ring (bicyclic) bond motifs is 1. The Bertz CT molecular complexity index is 432. The number of nitrogens with zero attached hydrogens (tertiary/aromatic N) is 1. The van der Waals surface area contributed by atoms with E-state index in [-0.39, 0.29) is 11.9 Å². The normalized spacial score (nSPS) is 28.3. The van der Waals surface area contributed by atoms with Crippen molar-refractivity contribution in [2.75, 3.05) is 19.7 Å². The van der Waals surface area contributed by atoms with Gasteiger partial charge in [-0.15, -0.1) is 0 Å². The topological polar surface area (TPSA) is 29.5 Å². The van der Waals surface area contributed by atoms with Crippen LogP contribution in [0.5, 0.6) is 0 Å². The highest BCUT2D eigenvalue weighted by atomic mass is 16.5. The van der Waals surface area contributed by atoms with E-state index in [1.807, 2.05) is 18.2 Å². The summed E-state index contributed by atoms with van der Waals surface area (Å²) in [7, 11) is 0. The molecule has 3 nitrogen and oxygen atoms in total. The molecule has 2 unspecified atom stereocenters. The summed E-state index contributed by atoms with van der Waals surface area (Å²) in [5.74, 6) is -0.0243. The Kier molecular flexibility index (Phi) is 3.83. The van der Waals surface area contributed by atoms with Crippen LogP contribution >= 0.6 is 0 Å². The third-order valence-electron chi connectivity index (χ3n) is 4.28. The molecule has 2 aliphatic rings. The highest BCUT2D eigenvalue weighted by Crippen LogP contribution is 2.24. The predicted octanol–water partition coefficient (Wildman–Crippen LogP) is 2.26. The lowest BCUT2D eigenvalue weighted by molar-refractivity contribution is -0.147. The third kappa shape index (κ3) is 2.98. The molecule has 2 aliphatic heterocycles. The largest absolute Gasteiger partial charge is 0.464 e. The molecular weight excluding hydrogens is 238 g/mol. The number of benzene rings is 1. The summed E-state index contributed by atoms with van der Waals surface area (Å²) in [5, 5.41) is 0. The summed E-state index contributed by atoms with van der Waals surface area (Å²) in [4.78, 5) is 14.6. The average Bonchev–Trinajstić information content (AvgIpc) is 2.61. The van der Waals surface area contributed by atoms with Crippen molar-refractivity contribution in [3.63, 3.8) is 0 Å². The summed E-state index contributed by atoms with van der Waals surface area (Å²) in [6, 6.07) is 10.7. The molecule has 2 saturated heterocycles. The van der Waals surface area contributed by atoms with Crippen molar-refractivity contribution in [3.05, 3.63) is 35.9 Å². The Morgan fingerprint density at radius 2 is 2.05 bits per heavy atom. The molecule has 2 atom stereocenters. The van der Waals surface area contributed by atoms with Crippen LogP contribution in [0.1, 0.15) is 24.8 Å². The molecule has 0 radical (unpaired) electrons. The molecule has 3 heteroatoms. The van der Waals surface area contributed by atoms with Crippen molar-refractivity contribution in [3.8, 4) is 0 Å². The lowest BCUT2D eigenvalue weighted by atomic mass is 9.97. The molecule has 0 aromatic heterocycles. The molecule has 2 heterocycles. The number of ether oxygens (including phenoxy) is 1. The zero-order chi connectivity index (χ0) is 13.1. The molecule has 0 N–H and O–H groups in total. The number of rotatable bonds is 2. The van der Waals surface area contributed by atoms with Crippen LogP contribution in [-0.4, -0.2) is 36.6 Å². The van der Waals surface area contributed by atoms with Crippen molar-refractivity contribution in [2.45, 2.75) is 31.7 Å². The molecule has 102 valence electrons. The maximum Gasteiger partial charge on any atom is 0.310 e. The van der Waals surface area contributed by atoms with E-state index in [1.54, 1.807) is 0 Å². The van der Waals surface area contributed by atoms with Gasteiger partial charge in [0.1, 0.15) is 6.61 Å². The highest BCUT2D eigenvalue weighted by Gasteiger charge is 2.33. The third-order valence-corrected chi connectivity index (χ3v) is 4.28. The SMILES string of the molecule is O=C1OCC2CCCCN2CC1Cc1ccccc1. The standard InChI is InChI=1S/C16H21NO2/c18-16-14(10-13-6-2-1-3-7-13)11-17-9-5-4-8-15(17)12-19-16/h1-3,6-7,14-15H,4-5,8-12H2. The van der Waals surface area contributed by atoms with Gasteiger partial charge in [0.05, 0.1) is 5.92 Å². The van der Waals surface area contributed by atoms with E-state index in [9.17, 15) is 4.79 Å². The van der Waals surface area contributed by atoms with E-state index in [1.165, 1.54) is 24.8 Å². The van der Waals surface area contributed by atoms with Gasteiger partial charge < -0.3 is 4.74 Å². The van der Waals surface area contributed by atoms with Gasteiger partial charge >= 0.3 is 5.97 Å². The number of hydrogen-bond acceptors (Lipinski definition) is 3. The average molecular weight is 259 g/mol. The fourth-order valence-corrected chi connectivity index (χ4v) is 3.19. The predicted molar refractivity (Wildman–Crippen MR) is 73.8 cm³/mol. The van der Waals surface area contributed by atoms with E-state index in [0.29, 0.717) is 12.6 Å². The number of carbonyl (C=O) groups excluding carboxylic acids is 1. The van der Waals surface area contributed by atoms with Crippen molar-refractivity contribution < 1.29 is 9.53 Å². The van der Waals surface area contributed by atoms with Crippen LogP contribution in [0.25, 0.3) is 0 Å². The Morgan fingerprint density at radius 3 is 2.89 bits per heavy atom. The summed E-state index contributed by atoms with van der Waals surface area (Å²) < 4.78 is 5.48. The number of piperidine rings is 1. The van der Waals surface area contributed by atoms with Gasteiger partial charge in [-0.1, -0.05) is 36.8 Å². The summed E-state index contributed by atoms with van der Waals surface area (Å²) in [6.07, 6.45) is 4.49. The quantitative estimate of drug-likeness (QED) is 0.763. The van der Waals surface area contributed by atoms with Crippen LogP contribution < -0.4 is 0 Å². The fourth-order valence-electron chi connectivity index (χ4n) is 3.19. The first kappa shape index (κ1) is 12.7. The Morgan fingerprint density at radius 1 is 1.21 bits per heavy atom. The van der Waals surface area contributed by atoms with Gasteiger partial charge in [-0.25, -0.2) is 0 Å². The van der Waals surface area contributed by atoms with Crippen LogP contribution in [-0.2, 0) is 16.0 Å². The molecule has 0 bridgehead atoms. The molecular formula is C16H21NO2. The van der Waals surface area contributed by atoms with Gasteiger partial charge in [0.15, 0.2) is 0 Å². The first-order valence-electron chi connectivity index (χ1n) is 7.27. The molecule has 2 fully saturated rings. The van der Waals surface area contributed by atoms with Crippen LogP contribution in [0.2, 0.25) is 0 Å². The molecule has 0 saturated carbocycles. The van der Waals surface area contributed by atoms with E-state index < -0.39 is 0 Å². The Balaban J connectivity index is 1.71. The second-order valence-corrected chi connectivity index (χ2v) is 5.66. The Hall–Kier alpha value is -1.35. The smallest absolute Gasteiger partial charge is 0.310 e. The molecule has 0 aliphatic carbocycles. The first-order chi connectivity index (χ1) is 9.33. The zero-order valence-corrected chi connectivity index (χ0v) is 11.3. The molecule has 19 heavy (non-hydrogen) atoms. The minimum atomic E-state index is -0.0155. The molecule has 1 aromatic carbocycles. The van der Waals surface area contributed by atoms with E-state index >= 15 is 0 Å². The molecule has 0 amide bonds. The van der Waals surface area contributed by atoms with Gasteiger partial charge in [-0.2, -0.15) is 0 Å². The second-order valence-electron chi connectivity index (χ2n) is 5.66. The summed E-state index contributed by atoms with van der Waals surface area (Å²) >= 11 is 0. The summed E-state index contributed by atoms with van der Waals surface area (Å²) in [6.45, 7) is 2.56. The minimum Gasteiger partial charge on any atom is -0.464 e. The number of esters is 1. The minimum absolute atomic E-state index is 0.00880. The number of hydrogen-bond donors (Lipinski definition) is 0. The van der Waals surface area contributed by atoms with E-state index in [2.05, 4.69) is 17.0 Å². The van der Waals surface area contributed by atoms with Gasteiger partial charge in [0, 0.05) is 12.6 Å². The highest BCUT2D eigenvalue weighted by molar-refractivity contribution is 5.73. The molecule has 3 rings (SSSR count). The second kappa shape index (κ2) is 5.74. The van der Waals surface area contributed by atoms with Crippen LogP contribution in [0.4, 0.5) is 0 Å². The summed E-state index contributed by atoms with van der Waals surface area (Å²) in [5.41, 5.74) is 1.22. The van der Waals surface area contributed by atoms with Gasteiger partial charge in [0.25, 0.3) is 0 Å².